The van der Waals surface area contributed by atoms with Gasteiger partial charge in [-0.1, -0.05) is 233 Å². The summed E-state index contributed by atoms with van der Waals surface area (Å²) in [6.07, 6.45) is 43.6. The highest BCUT2D eigenvalue weighted by Crippen LogP contribution is 2.17. The van der Waals surface area contributed by atoms with Gasteiger partial charge in [0, 0.05) is 19.3 Å². The molecule has 326 valence electrons. The zero-order chi connectivity index (χ0) is 40.3. The summed E-state index contributed by atoms with van der Waals surface area (Å²) in [6, 6.07) is 0. The summed E-state index contributed by atoms with van der Waals surface area (Å²) in [7, 11) is 0. The third kappa shape index (κ3) is 41.9. The molecule has 6 nitrogen and oxygen atoms in total. The van der Waals surface area contributed by atoms with Crippen molar-refractivity contribution >= 4 is 17.9 Å². The first-order valence-electron chi connectivity index (χ1n) is 24.4. The fraction of sp³-hybridized carbons (Fsp3) is 0.939. The second-order valence-electron chi connectivity index (χ2n) is 17.0. The molecule has 0 fully saturated rings. The summed E-state index contributed by atoms with van der Waals surface area (Å²) in [6.45, 7) is 9.02. The van der Waals surface area contributed by atoms with Crippen molar-refractivity contribution in [3.63, 3.8) is 0 Å². The van der Waals surface area contributed by atoms with Gasteiger partial charge in [-0.2, -0.15) is 0 Å². The van der Waals surface area contributed by atoms with Gasteiger partial charge in [-0.15, -0.1) is 0 Å². The molecule has 0 amide bonds. The van der Waals surface area contributed by atoms with Crippen molar-refractivity contribution in [2.45, 2.75) is 278 Å². The third-order valence-corrected chi connectivity index (χ3v) is 11.4. The number of carbonyl (C=O) groups is 3. The van der Waals surface area contributed by atoms with Gasteiger partial charge in [-0.05, 0) is 25.2 Å². The first-order valence-corrected chi connectivity index (χ1v) is 24.4. The molecule has 1 unspecified atom stereocenters. The van der Waals surface area contributed by atoms with Gasteiger partial charge in [0.15, 0.2) is 6.10 Å². The van der Waals surface area contributed by atoms with Crippen LogP contribution in [0.4, 0.5) is 0 Å². The minimum absolute atomic E-state index is 0.0633. The van der Waals surface area contributed by atoms with E-state index >= 15 is 0 Å². The topological polar surface area (TPSA) is 78.9 Å². The third-order valence-electron chi connectivity index (χ3n) is 11.4. The molecule has 0 spiro atoms. The fourth-order valence-corrected chi connectivity index (χ4v) is 7.30. The lowest BCUT2D eigenvalue weighted by Gasteiger charge is -2.18. The van der Waals surface area contributed by atoms with E-state index in [-0.39, 0.29) is 31.1 Å². The summed E-state index contributed by atoms with van der Waals surface area (Å²) in [4.78, 5) is 37.8. The van der Waals surface area contributed by atoms with E-state index in [0.717, 1.165) is 63.7 Å². The SMILES string of the molecule is CCCCCCCCCCCCCCCC(=O)OC[C@@H](COC(=O)CCCCCCCCCCCC)OC(=O)CCCCCCCCCCCCC(C)CC. The molecule has 0 aliphatic carbocycles. The van der Waals surface area contributed by atoms with Crippen LogP contribution in [0, 0.1) is 5.92 Å². The highest BCUT2D eigenvalue weighted by molar-refractivity contribution is 5.71. The Labute approximate surface area is 342 Å². The number of ether oxygens (including phenoxy) is 3. The van der Waals surface area contributed by atoms with Crippen LogP contribution in [0.25, 0.3) is 0 Å². The zero-order valence-electron chi connectivity index (χ0n) is 37.4. The molecule has 0 aliphatic rings. The molecular formula is C49H94O6. The van der Waals surface area contributed by atoms with E-state index in [2.05, 4.69) is 27.7 Å². The molecule has 0 aliphatic heterocycles. The Hall–Kier alpha value is -1.59. The highest BCUT2D eigenvalue weighted by Gasteiger charge is 2.19. The second-order valence-corrected chi connectivity index (χ2v) is 17.0. The quantitative estimate of drug-likeness (QED) is 0.0348. The van der Waals surface area contributed by atoms with Gasteiger partial charge < -0.3 is 14.2 Å². The maximum atomic E-state index is 12.7. The molecule has 0 aromatic rings. The Morgan fingerprint density at radius 1 is 0.364 bits per heavy atom. The average Bonchev–Trinajstić information content (AvgIpc) is 3.18. The van der Waals surface area contributed by atoms with Crippen LogP contribution in [-0.2, 0) is 28.6 Å². The highest BCUT2D eigenvalue weighted by atomic mass is 16.6. The fourth-order valence-electron chi connectivity index (χ4n) is 7.30. The van der Waals surface area contributed by atoms with Crippen molar-refractivity contribution in [2.75, 3.05) is 13.2 Å². The zero-order valence-corrected chi connectivity index (χ0v) is 37.4. The molecule has 2 atom stereocenters. The van der Waals surface area contributed by atoms with Crippen LogP contribution >= 0.6 is 0 Å². The maximum Gasteiger partial charge on any atom is 0.306 e. The van der Waals surface area contributed by atoms with Crippen LogP contribution in [-0.4, -0.2) is 37.2 Å². The summed E-state index contributed by atoms with van der Waals surface area (Å²) in [5.41, 5.74) is 0. The monoisotopic (exact) mass is 779 g/mol. The Morgan fingerprint density at radius 2 is 0.636 bits per heavy atom. The van der Waals surface area contributed by atoms with Crippen LogP contribution in [0.5, 0.6) is 0 Å². The lowest BCUT2D eigenvalue weighted by Crippen LogP contribution is -2.30. The van der Waals surface area contributed by atoms with E-state index in [1.807, 2.05) is 0 Å². The van der Waals surface area contributed by atoms with E-state index in [4.69, 9.17) is 14.2 Å². The molecule has 0 aromatic heterocycles. The number of carbonyl (C=O) groups excluding carboxylic acids is 3. The Kier molecular flexibility index (Phi) is 42.3. The Morgan fingerprint density at radius 3 is 0.945 bits per heavy atom. The van der Waals surface area contributed by atoms with E-state index in [9.17, 15) is 14.4 Å². The molecule has 0 saturated carbocycles. The molecular weight excluding hydrogens is 685 g/mol. The molecule has 0 heterocycles. The first kappa shape index (κ1) is 53.4. The molecule has 0 rings (SSSR count). The van der Waals surface area contributed by atoms with Crippen molar-refractivity contribution in [3.8, 4) is 0 Å². The maximum absolute atomic E-state index is 12.7. The summed E-state index contributed by atoms with van der Waals surface area (Å²) >= 11 is 0. The normalized spacial score (nSPS) is 12.4. The van der Waals surface area contributed by atoms with Gasteiger partial charge >= 0.3 is 17.9 Å². The van der Waals surface area contributed by atoms with E-state index < -0.39 is 6.10 Å². The number of hydrogen-bond donors (Lipinski definition) is 0. The Balaban J connectivity index is 4.32. The van der Waals surface area contributed by atoms with Crippen LogP contribution in [0.2, 0.25) is 0 Å². The number of esters is 3. The van der Waals surface area contributed by atoms with Crippen molar-refractivity contribution in [1.82, 2.24) is 0 Å². The van der Waals surface area contributed by atoms with Gasteiger partial charge in [0.05, 0.1) is 0 Å². The predicted molar refractivity (Wildman–Crippen MR) is 233 cm³/mol. The van der Waals surface area contributed by atoms with Crippen LogP contribution in [0.1, 0.15) is 272 Å². The van der Waals surface area contributed by atoms with Gasteiger partial charge in [0.1, 0.15) is 13.2 Å². The van der Waals surface area contributed by atoms with E-state index in [1.165, 1.54) is 167 Å². The summed E-state index contributed by atoms with van der Waals surface area (Å²) in [5.74, 6) is 0.0172. The smallest absolute Gasteiger partial charge is 0.306 e. The minimum atomic E-state index is -0.759. The molecule has 0 radical (unpaired) electrons. The molecule has 0 N–H and O–H groups in total. The average molecular weight is 779 g/mol. The van der Waals surface area contributed by atoms with Crippen molar-refractivity contribution < 1.29 is 28.6 Å². The summed E-state index contributed by atoms with van der Waals surface area (Å²) < 4.78 is 16.8. The van der Waals surface area contributed by atoms with Gasteiger partial charge in [-0.3, -0.25) is 14.4 Å². The summed E-state index contributed by atoms with van der Waals surface area (Å²) in [5, 5.41) is 0. The van der Waals surface area contributed by atoms with Crippen molar-refractivity contribution in [1.29, 1.82) is 0 Å². The predicted octanol–water partition coefficient (Wildman–Crippen LogP) is 15.5. The lowest BCUT2D eigenvalue weighted by atomic mass is 9.99. The van der Waals surface area contributed by atoms with Crippen molar-refractivity contribution in [2.24, 2.45) is 5.92 Å². The molecule has 0 bridgehead atoms. The second kappa shape index (κ2) is 43.5. The lowest BCUT2D eigenvalue weighted by molar-refractivity contribution is -0.167. The van der Waals surface area contributed by atoms with Crippen molar-refractivity contribution in [3.05, 3.63) is 0 Å². The Bertz CT molecular complexity index is 828. The van der Waals surface area contributed by atoms with Crippen LogP contribution < -0.4 is 0 Å². The number of unbranched alkanes of at least 4 members (excludes halogenated alkanes) is 30. The largest absolute Gasteiger partial charge is 0.462 e. The molecule has 0 saturated heterocycles. The minimum Gasteiger partial charge on any atom is -0.462 e. The van der Waals surface area contributed by atoms with Gasteiger partial charge in [0.2, 0.25) is 0 Å². The standard InChI is InChI=1S/C49H94O6/c1-5-8-10-12-14-16-18-19-20-25-29-33-37-41-48(51)54-44-46(43-53-47(50)40-36-32-28-24-17-15-13-11-9-6-2)55-49(52)42-38-34-30-26-22-21-23-27-31-35-39-45(4)7-3/h45-46H,5-44H2,1-4H3/t45?,46-/m1/s1. The van der Waals surface area contributed by atoms with Gasteiger partial charge in [-0.25, -0.2) is 0 Å². The molecule has 6 heteroatoms. The van der Waals surface area contributed by atoms with E-state index in [1.54, 1.807) is 0 Å². The van der Waals surface area contributed by atoms with Crippen LogP contribution in [0.3, 0.4) is 0 Å². The van der Waals surface area contributed by atoms with E-state index in [0.29, 0.717) is 19.3 Å². The van der Waals surface area contributed by atoms with Crippen LogP contribution in [0.15, 0.2) is 0 Å². The van der Waals surface area contributed by atoms with Gasteiger partial charge in [0.25, 0.3) is 0 Å². The molecule has 55 heavy (non-hydrogen) atoms. The first-order chi connectivity index (χ1) is 26.9. The number of rotatable bonds is 44. The molecule has 0 aromatic carbocycles. The number of hydrogen-bond acceptors (Lipinski definition) is 6.